The van der Waals surface area contributed by atoms with Crippen molar-refractivity contribution in [3.8, 4) is 11.5 Å². The Morgan fingerprint density at radius 1 is 1.24 bits per heavy atom. The molecule has 0 radical (unpaired) electrons. The first kappa shape index (κ1) is 14.2. The molecule has 2 unspecified atom stereocenters. The minimum absolute atomic E-state index is 0.111. The highest BCUT2D eigenvalue weighted by Crippen LogP contribution is 2.31. The van der Waals surface area contributed by atoms with E-state index in [-0.39, 0.29) is 6.10 Å². The zero-order valence-corrected chi connectivity index (χ0v) is 12.0. The molecule has 1 saturated heterocycles. The van der Waals surface area contributed by atoms with Crippen LogP contribution < -0.4 is 9.47 Å². The molecule has 0 saturated carbocycles. The highest BCUT2D eigenvalue weighted by atomic mass is 16.6. The number of rotatable bonds is 3. The largest absolute Gasteiger partial charge is 0.486 e. The summed E-state index contributed by atoms with van der Waals surface area (Å²) in [5.74, 6) is 0.781. The van der Waals surface area contributed by atoms with Crippen molar-refractivity contribution < 1.29 is 19.4 Å². The first-order valence-electron chi connectivity index (χ1n) is 7.59. The minimum atomic E-state index is -0.728. The van der Waals surface area contributed by atoms with Gasteiger partial charge >= 0.3 is 5.97 Å². The molecule has 0 aromatic heterocycles. The normalized spacial score (nSPS) is 26.1. The van der Waals surface area contributed by atoms with Crippen LogP contribution in [0.25, 0.3) is 0 Å². The van der Waals surface area contributed by atoms with Crippen LogP contribution in [0, 0.1) is 0 Å². The summed E-state index contributed by atoms with van der Waals surface area (Å²) in [6.45, 7) is 1.89. The standard InChI is InChI=1S/C16H21NO4/c18-16(19)13-6-2-1-5-9-17(13)10-12-11-20-14-7-3-4-8-15(14)21-12/h3-4,7-8,12-13H,1-2,5-6,9-11H2,(H,18,19). The van der Waals surface area contributed by atoms with Crippen LogP contribution in [-0.2, 0) is 4.79 Å². The number of hydrogen-bond donors (Lipinski definition) is 1. The van der Waals surface area contributed by atoms with Crippen molar-refractivity contribution in [1.82, 2.24) is 4.90 Å². The van der Waals surface area contributed by atoms with Crippen molar-refractivity contribution in [3.63, 3.8) is 0 Å². The van der Waals surface area contributed by atoms with Crippen molar-refractivity contribution in [2.75, 3.05) is 19.7 Å². The molecule has 0 amide bonds. The Labute approximate surface area is 124 Å². The lowest BCUT2D eigenvalue weighted by Gasteiger charge is -2.33. The van der Waals surface area contributed by atoms with Gasteiger partial charge < -0.3 is 14.6 Å². The van der Waals surface area contributed by atoms with Gasteiger partial charge in [-0.05, 0) is 31.5 Å². The topological polar surface area (TPSA) is 59.0 Å². The minimum Gasteiger partial charge on any atom is -0.486 e. The van der Waals surface area contributed by atoms with Crippen molar-refractivity contribution >= 4 is 5.97 Å². The van der Waals surface area contributed by atoms with E-state index in [1.807, 2.05) is 29.2 Å². The van der Waals surface area contributed by atoms with Crippen LogP contribution in [0.15, 0.2) is 24.3 Å². The van der Waals surface area contributed by atoms with E-state index < -0.39 is 12.0 Å². The molecular formula is C16H21NO4. The first-order chi connectivity index (χ1) is 10.2. The van der Waals surface area contributed by atoms with E-state index in [9.17, 15) is 9.90 Å². The molecule has 3 rings (SSSR count). The number of carboxylic acids is 1. The fourth-order valence-electron chi connectivity index (χ4n) is 3.08. The van der Waals surface area contributed by atoms with Crippen LogP contribution in [0.3, 0.4) is 0 Å². The Morgan fingerprint density at radius 2 is 2.05 bits per heavy atom. The Bertz CT molecular complexity index is 505. The van der Waals surface area contributed by atoms with E-state index in [0.717, 1.165) is 43.7 Å². The smallest absolute Gasteiger partial charge is 0.320 e. The fourth-order valence-corrected chi connectivity index (χ4v) is 3.08. The third-order valence-electron chi connectivity index (χ3n) is 4.15. The summed E-state index contributed by atoms with van der Waals surface area (Å²) in [5, 5.41) is 9.41. The molecule has 1 aromatic rings. The van der Waals surface area contributed by atoms with E-state index in [0.29, 0.717) is 13.2 Å². The molecule has 0 aliphatic carbocycles. The van der Waals surface area contributed by atoms with Crippen LogP contribution >= 0.6 is 0 Å². The van der Waals surface area contributed by atoms with Gasteiger partial charge in [0.1, 0.15) is 18.8 Å². The molecule has 114 valence electrons. The van der Waals surface area contributed by atoms with Gasteiger partial charge in [0.15, 0.2) is 11.5 Å². The molecular weight excluding hydrogens is 270 g/mol. The molecule has 1 N–H and O–H groups in total. The van der Waals surface area contributed by atoms with Crippen molar-refractivity contribution in [2.45, 2.75) is 37.8 Å². The van der Waals surface area contributed by atoms with Gasteiger partial charge in [0.05, 0.1) is 0 Å². The van der Waals surface area contributed by atoms with Gasteiger partial charge in [-0.25, -0.2) is 0 Å². The van der Waals surface area contributed by atoms with Gasteiger partial charge in [-0.1, -0.05) is 25.0 Å². The second-order valence-corrected chi connectivity index (χ2v) is 5.70. The lowest BCUT2D eigenvalue weighted by atomic mass is 10.1. The highest BCUT2D eigenvalue weighted by molar-refractivity contribution is 5.73. The van der Waals surface area contributed by atoms with Gasteiger partial charge in [-0.3, -0.25) is 9.69 Å². The van der Waals surface area contributed by atoms with Gasteiger partial charge in [-0.2, -0.15) is 0 Å². The molecule has 1 aromatic carbocycles. The molecule has 0 bridgehead atoms. The van der Waals surface area contributed by atoms with E-state index in [1.54, 1.807) is 0 Å². The van der Waals surface area contributed by atoms with Crippen LogP contribution in [0.1, 0.15) is 25.7 Å². The summed E-state index contributed by atoms with van der Waals surface area (Å²) in [4.78, 5) is 13.5. The lowest BCUT2D eigenvalue weighted by molar-refractivity contribution is -0.144. The number of ether oxygens (including phenoxy) is 2. The van der Waals surface area contributed by atoms with Crippen LogP contribution in [0.2, 0.25) is 0 Å². The highest BCUT2D eigenvalue weighted by Gasteiger charge is 2.31. The summed E-state index contributed by atoms with van der Waals surface area (Å²) >= 11 is 0. The monoisotopic (exact) mass is 291 g/mol. The number of benzene rings is 1. The summed E-state index contributed by atoms with van der Waals surface area (Å²) < 4.78 is 11.6. The predicted molar refractivity (Wildman–Crippen MR) is 77.8 cm³/mol. The summed E-state index contributed by atoms with van der Waals surface area (Å²) in [7, 11) is 0. The Kier molecular flexibility index (Phi) is 4.29. The van der Waals surface area contributed by atoms with Gasteiger partial charge in [0.2, 0.25) is 0 Å². The van der Waals surface area contributed by atoms with Crippen LogP contribution in [0.4, 0.5) is 0 Å². The third-order valence-corrected chi connectivity index (χ3v) is 4.15. The molecule has 0 spiro atoms. The molecule has 2 aliphatic heterocycles. The second-order valence-electron chi connectivity index (χ2n) is 5.70. The lowest BCUT2D eigenvalue weighted by Crippen LogP contribution is -2.48. The number of nitrogens with zero attached hydrogens (tertiary/aromatic N) is 1. The zero-order chi connectivity index (χ0) is 14.7. The summed E-state index contributed by atoms with van der Waals surface area (Å²) in [6.07, 6.45) is 3.75. The maximum atomic E-state index is 11.4. The predicted octanol–water partition coefficient (Wildman–Crippen LogP) is 2.16. The van der Waals surface area contributed by atoms with E-state index in [4.69, 9.17) is 9.47 Å². The van der Waals surface area contributed by atoms with Crippen molar-refractivity contribution in [3.05, 3.63) is 24.3 Å². The van der Waals surface area contributed by atoms with E-state index >= 15 is 0 Å². The molecule has 2 aliphatic rings. The first-order valence-corrected chi connectivity index (χ1v) is 7.59. The third kappa shape index (κ3) is 3.29. The zero-order valence-electron chi connectivity index (χ0n) is 12.0. The second kappa shape index (κ2) is 6.35. The molecule has 5 nitrogen and oxygen atoms in total. The number of carbonyl (C=O) groups is 1. The molecule has 2 atom stereocenters. The maximum Gasteiger partial charge on any atom is 0.320 e. The Balaban J connectivity index is 1.66. The van der Waals surface area contributed by atoms with Gasteiger partial charge in [0, 0.05) is 6.54 Å². The number of carboxylic acid groups (broad SMARTS) is 1. The van der Waals surface area contributed by atoms with Crippen molar-refractivity contribution in [2.24, 2.45) is 0 Å². The Hall–Kier alpha value is -1.75. The summed E-state index contributed by atoms with van der Waals surface area (Å²) in [6, 6.07) is 7.21. The van der Waals surface area contributed by atoms with Crippen LogP contribution in [0.5, 0.6) is 11.5 Å². The molecule has 5 heteroatoms. The summed E-state index contributed by atoms with van der Waals surface area (Å²) in [5.41, 5.74) is 0. The molecule has 1 fully saturated rings. The number of aliphatic carboxylic acids is 1. The van der Waals surface area contributed by atoms with E-state index in [2.05, 4.69) is 0 Å². The van der Waals surface area contributed by atoms with E-state index in [1.165, 1.54) is 0 Å². The number of para-hydroxylation sites is 2. The SMILES string of the molecule is O=C(O)C1CCCCCN1CC1COc2ccccc2O1. The number of likely N-dealkylation sites (tertiary alicyclic amines) is 1. The maximum absolute atomic E-state index is 11.4. The molecule has 2 heterocycles. The number of fused-ring (bicyclic) bond motifs is 1. The average molecular weight is 291 g/mol. The van der Waals surface area contributed by atoms with Gasteiger partial charge in [0.25, 0.3) is 0 Å². The number of hydrogen-bond acceptors (Lipinski definition) is 4. The Morgan fingerprint density at radius 3 is 2.86 bits per heavy atom. The van der Waals surface area contributed by atoms with Crippen LogP contribution in [-0.4, -0.2) is 47.8 Å². The fraction of sp³-hybridized carbons (Fsp3) is 0.562. The quantitative estimate of drug-likeness (QED) is 0.924. The molecule has 21 heavy (non-hydrogen) atoms. The van der Waals surface area contributed by atoms with Crippen molar-refractivity contribution in [1.29, 1.82) is 0 Å². The average Bonchev–Trinajstić information content (AvgIpc) is 2.72. The van der Waals surface area contributed by atoms with Gasteiger partial charge in [-0.15, -0.1) is 0 Å².